The minimum Gasteiger partial charge on any atom is -0.352 e. The van der Waals surface area contributed by atoms with Crippen LogP contribution in [0.3, 0.4) is 0 Å². The maximum Gasteiger partial charge on any atom is 0.265 e. The zero-order valence-electron chi connectivity index (χ0n) is 16.3. The number of aromatic nitrogens is 3. The molecule has 4 rings (SSSR count). The zero-order valence-corrected chi connectivity index (χ0v) is 17.2. The fourth-order valence-corrected chi connectivity index (χ4v) is 4.40. The van der Waals surface area contributed by atoms with E-state index < -0.39 is 0 Å². The van der Waals surface area contributed by atoms with E-state index in [0.717, 1.165) is 45.7 Å². The van der Waals surface area contributed by atoms with Crippen molar-refractivity contribution in [2.45, 2.75) is 20.8 Å². The van der Waals surface area contributed by atoms with Crippen LogP contribution >= 0.6 is 11.3 Å². The predicted molar refractivity (Wildman–Crippen MR) is 112 cm³/mol. The molecule has 0 N–H and O–H groups in total. The second-order valence-corrected chi connectivity index (χ2v) is 8.22. The van der Waals surface area contributed by atoms with Gasteiger partial charge in [0.15, 0.2) is 5.82 Å². The van der Waals surface area contributed by atoms with Crippen LogP contribution in [0.2, 0.25) is 0 Å². The SMILES string of the molecule is Cc1nc(C)c(C(=O)N2CCN(c3ccc(-c4ccccc4C)nn3)CC2)s1. The lowest BCUT2D eigenvalue weighted by atomic mass is 10.1. The molecule has 2 aromatic heterocycles. The summed E-state index contributed by atoms with van der Waals surface area (Å²) in [5.41, 5.74) is 4.00. The number of rotatable bonds is 3. The highest BCUT2D eigenvalue weighted by Crippen LogP contribution is 2.23. The van der Waals surface area contributed by atoms with Crippen molar-refractivity contribution >= 4 is 23.1 Å². The molecule has 0 spiro atoms. The van der Waals surface area contributed by atoms with Crippen LogP contribution in [0, 0.1) is 20.8 Å². The van der Waals surface area contributed by atoms with E-state index in [1.165, 1.54) is 16.9 Å². The Morgan fingerprint density at radius 3 is 2.32 bits per heavy atom. The molecule has 7 heteroatoms. The van der Waals surface area contributed by atoms with Crippen LogP contribution in [0.5, 0.6) is 0 Å². The number of piperazine rings is 1. The smallest absolute Gasteiger partial charge is 0.265 e. The number of anilines is 1. The zero-order chi connectivity index (χ0) is 19.7. The Morgan fingerprint density at radius 1 is 0.964 bits per heavy atom. The van der Waals surface area contributed by atoms with E-state index in [9.17, 15) is 4.79 Å². The Labute approximate surface area is 168 Å². The van der Waals surface area contributed by atoms with Crippen LogP contribution in [-0.4, -0.2) is 52.2 Å². The van der Waals surface area contributed by atoms with E-state index in [4.69, 9.17) is 0 Å². The lowest BCUT2D eigenvalue weighted by Crippen LogP contribution is -2.49. The van der Waals surface area contributed by atoms with Gasteiger partial charge in [-0.15, -0.1) is 21.5 Å². The molecule has 28 heavy (non-hydrogen) atoms. The highest BCUT2D eigenvalue weighted by Gasteiger charge is 2.25. The van der Waals surface area contributed by atoms with E-state index in [2.05, 4.69) is 39.1 Å². The van der Waals surface area contributed by atoms with Crippen LogP contribution in [0.4, 0.5) is 5.82 Å². The summed E-state index contributed by atoms with van der Waals surface area (Å²) >= 11 is 1.48. The van der Waals surface area contributed by atoms with Crippen LogP contribution in [0.25, 0.3) is 11.3 Å². The highest BCUT2D eigenvalue weighted by atomic mass is 32.1. The number of hydrogen-bond donors (Lipinski definition) is 0. The van der Waals surface area contributed by atoms with Gasteiger partial charge in [0.25, 0.3) is 5.91 Å². The summed E-state index contributed by atoms with van der Waals surface area (Å²) in [5.74, 6) is 0.943. The summed E-state index contributed by atoms with van der Waals surface area (Å²) in [6, 6.07) is 12.2. The first kappa shape index (κ1) is 18.6. The van der Waals surface area contributed by atoms with E-state index in [1.54, 1.807) is 0 Å². The molecule has 1 saturated heterocycles. The normalized spacial score (nSPS) is 14.4. The molecular formula is C21H23N5OS. The Bertz CT molecular complexity index is 990. The highest BCUT2D eigenvalue weighted by molar-refractivity contribution is 7.13. The number of carbonyl (C=O) groups excluding carboxylic acids is 1. The Balaban J connectivity index is 1.42. The molecule has 1 fully saturated rings. The molecular weight excluding hydrogens is 370 g/mol. The van der Waals surface area contributed by atoms with Gasteiger partial charge in [0.1, 0.15) is 4.88 Å². The molecule has 6 nitrogen and oxygen atoms in total. The molecule has 1 aliphatic heterocycles. The number of nitrogens with zero attached hydrogens (tertiary/aromatic N) is 5. The van der Waals surface area contributed by atoms with Gasteiger partial charge in [-0.1, -0.05) is 24.3 Å². The molecule has 0 aliphatic carbocycles. The lowest BCUT2D eigenvalue weighted by molar-refractivity contribution is 0.0750. The van der Waals surface area contributed by atoms with E-state index in [-0.39, 0.29) is 5.91 Å². The van der Waals surface area contributed by atoms with Crippen molar-refractivity contribution in [3.05, 3.63) is 57.5 Å². The summed E-state index contributed by atoms with van der Waals surface area (Å²) < 4.78 is 0. The van der Waals surface area contributed by atoms with Gasteiger partial charge in [0.05, 0.1) is 16.4 Å². The predicted octanol–water partition coefficient (Wildman–Crippen LogP) is 3.49. The number of benzene rings is 1. The van der Waals surface area contributed by atoms with Crippen molar-refractivity contribution in [3.8, 4) is 11.3 Å². The standard InChI is InChI=1S/C21H23N5OS/c1-14-6-4-5-7-17(14)18-8-9-19(24-23-18)25-10-12-26(13-11-25)21(27)20-15(2)22-16(3)28-20/h4-9H,10-13H2,1-3H3. The van der Waals surface area contributed by atoms with E-state index in [0.29, 0.717) is 13.1 Å². The molecule has 0 unspecified atom stereocenters. The number of carbonyl (C=O) groups is 1. The topological polar surface area (TPSA) is 62.2 Å². The first-order valence-electron chi connectivity index (χ1n) is 9.41. The summed E-state index contributed by atoms with van der Waals surface area (Å²) in [5, 5.41) is 9.79. The summed E-state index contributed by atoms with van der Waals surface area (Å²) in [6.07, 6.45) is 0. The van der Waals surface area contributed by atoms with Gasteiger partial charge in [-0.2, -0.15) is 0 Å². The minimum absolute atomic E-state index is 0.0868. The van der Waals surface area contributed by atoms with E-state index in [1.807, 2.05) is 43.0 Å². The number of thiazole rings is 1. The van der Waals surface area contributed by atoms with Crippen LogP contribution in [0.1, 0.15) is 25.9 Å². The van der Waals surface area contributed by atoms with Crippen molar-refractivity contribution in [2.24, 2.45) is 0 Å². The average Bonchev–Trinajstić information content (AvgIpc) is 3.06. The van der Waals surface area contributed by atoms with Gasteiger partial charge in [-0.25, -0.2) is 4.98 Å². The van der Waals surface area contributed by atoms with Gasteiger partial charge in [-0.3, -0.25) is 4.79 Å². The third-order valence-electron chi connectivity index (χ3n) is 5.06. The molecule has 144 valence electrons. The molecule has 0 bridgehead atoms. The van der Waals surface area contributed by atoms with Crippen molar-refractivity contribution in [1.82, 2.24) is 20.1 Å². The minimum atomic E-state index is 0.0868. The lowest BCUT2D eigenvalue weighted by Gasteiger charge is -2.35. The summed E-state index contributed by atoms with van der Waals surface area (Å²) in [7, 11) is 0. The third-order valence-corrected chi connectivity index (χ3v) is 6.12. The number of amides is 1. The largest absolute Gasteiger partial charge is 0.352 e. The van der Waals surface area contributed by atoms with Gasteiger partial charge in [0, 0.05) is 31.7 Å². The van der Waals surface area contributed by atoms with Gasteiger partial charge in [-0.05, 0) is 38.5 Å². The van der Waals surface area contributed by atoms with Gasteiger partial charge in [0.2, 0.25) is 0 Å². The molecule has 3 aromatic rings. The van der Waals surface area contributed by atoms with E-state index >= 15 is 0 Å². The van der Waals surface area contributed by atoms with Crippen molar-refractivity contribution in [2.75, 3.05) is 31.1 Å². The third kappa shape index (κ3) is 3.62. The average molecular weight is 394 g/mol. The molecule has 0 atom stereocenters. The quantitative estimate of drug-likeness (QED) is 0.682. The number of hydrogen-bond acceptors (Lipinski definition) is 6. The summed E-state index contributed by atoms with van der Waals surface area (Å²) in [6.45, 7) is 8.77. The van der Waals surface area contributed by atoms with Gasteiger partial charge >= 0.3 is 0 Å². The van der Waals surface area contributed by atoms with Crippen LogP contribution < -0.4 is 4.90 Å². The molecule has 1 aromatic carbocycles. The fourth-order valence-electron chi connectivity index (χ4n) is 3.51. The second kappa shape index (κ2) is 7.67. The van der Waals surface area contributed by atoms with Crippen LogP contribution in [0.15, 0.2) is 36.4 Å². The van der Waals surface area contributed by atoms with Crippen molar-refractivity contribution < 1.29 is 4.79 Å². The van der Waals surface area contributed by atoms with Crippen LogP contribution in [-0.2, 0) is 0 Å². The van der Waals surface area contributed by atoms with Crippen molar-refractivity contribution in [1.29, 1.82) is 0 Å². The first-order valence-corrected chi connectivity index (χ1v) is 10.2. The second-order valence-electron chi connectivity index (χ2n) is 7.02. The number of aryl methyl sites for hydroxylation is 3. The monoisotopic (exact) mass is 393 g/mol. The molecule has 0 saturated carbocycles. The van der Waals surface area contributed by atoms with Crippen molar-refractivity contribution in [3.63, 3.8) is 0 Å². The maximum absolute atomic E-state index is 12.8. The molecule has 1 amide bonds. The maximum atomic E-state index is 12.8. The Kier molecular flexibility index (Phi) is 5.09. The Morgan fingerprint density at radius 2 is 1.71 bits per heavy atom. The molecule has 3 heterocycles. The fraction of sp³-hybridized carbons (Fsp3) is 0.333. The Hall–Kier alpha value is -2.80. The first-order chi connectivity index (χ1) is 13.5. The summed E-state index contributed by atoms with van der Waals surface area (Å²) in [4.78, 5) is 22.0. The molecule has 1 aliphatic rings. The molecule has 0 radical (unpaired) electrons. The van der Waals surface area contributed by atoms with Gasteiger partial charge < -0.3 is 9.80 Å².